The molecule has 3 nitrogen and oxygen atoms in total. The van der Waals surface area contributed by atoms with Crippen molar-refractivity contribution in [2.45, 2.75) is 85.7 Å². The van der Waals surface area contributed by atoms with E-state index in [1.165, 1.54) is 64.8 Å². The van der Waals surface area contributed by atoms with Crippen LogP contribution in [0.3, 0.4) is 0 Å². The minimum Gasteiger partial charge on any atom is -0.508 e. The molecule has 0 amide bonds. The highest BCUT2D eigenvalue weighted by atomic mass is 16.3. The third kappa shape index (κ3) is 6.30. The maximum atomic E-state index is 10.8. The second-order valence-electron chi connectivity index (χ2n) is 11.4. The van der Waals surface area contributed by atoms with Crippen molar-refractivity contribution in [3.8, 4) is 5.75 Å². The highest BCUT2D eigenvalue weighted by Gasteiger charge is 2.28. The molecule has 1 saturated heterocycles. The molecule has 1 N–H and O–H groups in total. The summed E-state index contributed by atoms with van der Waals surface area (Å²) < 4.78 is 0. The van der Waals surface area contributed by atoms with Crippen LogP contribution in [0.2, 0.25) is 0 Å². The summed E-state index contributed by atoms with van der Waals surface area (Å²) in [6, 6.07) is 11.1. The summed E-state index contributed by atoms with van der Waals surface area (Å²) in [5.41, 5.74) is 9.47. The van der Waals surface area contributed by atoms with E-state index in [2.05, 4.69) is 68.3 Å². The molecule has 1 heterocycles. The van der Waals surface area contributed by atoms with Crippen molar-refractivity contribution in [2.75, 3.05) is 19.6 Å². The van der Waals surface area contributed by atoms with Gasteiger partial charge >= 0.3 is 0 Å². The largest absolute Gasteiger partial charge is 0.508 e. The summed E-state index contributed by atoms with van der Waals surface area (Å²) in [5.74, 6) is 1.57. The smallest absolute Gasteiger partial charge is 0.119 e. The van der Waals surface area contributed by atoms with Crippen LogP contribution in [-0.4, -0.2) is 34.5 Å². The summed E-state index contributed by atoms with van der Waals surface area (Å²) >= 11 is 0. The van der Waals surface area contributed by atoms with Crippen molar-refractivity contribution in [3.05, 3.63) is 76.0 Å². The van der Waals surface area contributed by atoms with Crippen LogP contribution in [0.15, 0.2) is 42.6 Å². The normalized spacial score (nSPS) is 18.5. The highest BCUT2D eigenvalue weighted by Crippen LogP contribution is 2.33. The monoisotopic (exact) mass is 474 g/mol. The Kier molecular flexibility index (Phi) is 8.59. The van der Waals surface area contributed by atoms with Crippen LogP contribution in [0.5, 0.6) is 5.75 Å². The summed E-state index contributed by atoms with van der Waals surface area (Å²) in [5, 5.41) is 10.8. The van der Waals surface area contributed by atoms with Crippen LogP contribution in [-0.2, 0) is 32.4 Å². The molecule has 3 heteroatoms. The summed E-state index contributed by atoms with van der Waals surface area (Å²) in [4.78, 5) is 5.12. The molecule has 2 aromatic rings. The summed E-state index contributed by atoms with van der Waals surface area (Å²) in [6.07, 6.45) is 8.08. The number of phenolic OH excluding ortho intramolecular Hbond substituents is 1. The molecule has 1 aliphatic heterocycles. The van der Waals surface area contributed by atoms with Crippen molar-refractivity contribution in [1.29, 1.82) is 0 Å². The fraction of sp³-hybridized carbons (Fsp3) is 0.562. The molecule has 1 fully saturated rings. The maximum Gasteiger partial charge on any atom is 0.119 e. The molecule has 35 heavy (non-hydrogen) atoms. The average Bonchev–Trinajstić information content (AvgIpc) is 3.14. The standard InChI is InChI=1S/C32H46N2O/c1-6-30-24(4)11-10-13-29(30)22-33-16-15-28(21-33)25(5)34(19-23(2)3)20-26-17-27-12-8-7-9-14-31(27)32(35)18-26/h10-11,13,17-18,23,28,35H,5-9,12,14-16,19-22H2,1-4H3/t28-/m1/s1. The predicted octanol–water partition coefficient (Wildman–Crippen LogP) is 7.03. The van der Waals surface area contributed by atoms with Crippen molar-refractivity contribution >= 4 is 0 Å². The lowest BCUT2D eigenvalue weighted by Crippen LogP contribution is -2.31. The SMILES string of the molecule is C=C([C@@H]1CCN(Cc2cccc(C)c2CC)C1)N(Cc1cc(O)c2c(c1)CCCCC2)CC(C)C. The topological polar surface area (TPSA) is 26.7 Å². The van der Waals surface area contributed by atoms with Crippen LogP contribution in [0, 0.1) is 18.8 Å². The van der Waals surface area contributed by atoms with E-state index in [9.17, 15) is 5.11 Å². The van der Waals surface area contributed by atoms with Crippen LogP contribution < -0.4 is 0 Å². The molecule has 2 aliphatic rings. The van der Waals surface area contributed by atoms with Gasteiger partial charge in [0.1, 0.15) is 5.75 Å². The number of phenols is 1. The molecule has 190 valence electrons. The lowest BCUT2D eigenvalue weighted by molar-refractivity contribution is 0.256. The van der Waals surface area contributed by atoms with Crippen molar-refractivity contribution in [1.82, 2.24) is 9.80 Å². The maximum absolute atomic E-state index is 10.8. The van der Waals surface area contributed by atoms with E-state index in [1.54, 1.807) is 0 Å². The molecule has 0 saturated carbocycles. The van der Waals surface area contributed by atoms with Gasteiger partial charge < -0.3 is 10.0 Å². The van der Waals surface area contributed by atoms with Gasteiger partial charge in [-0.25, -0.2) is 0 Å². The fourth-order valence-electron chi connectivity index (χ4n) is 6.29. The van der Waals surface area contributed by atoms with E-state index >= 15 is 0 Å². The van der Waals surface area contributed by atoms with Gasteiger partial charge in [0.2, 0.25) is 0 Å². The number of nitrogens with zero attached hydrogens (tertiary/aromatic N) is 2. The summed E-state index contributed by atoms with van der Waals surface area (Å²) in [7, 11) is 0. The minimum absolute atomic E-state index is 0.498. The van der Waals surface area contributed by atoms with E-state index in [-0.39, 0.29) is 0 Å². The average molecular weight is 475 g/mol. The third-order valence-electron chi connectivity index (χ3n) is 8.11. The Morgan fingerprint density at radius 3 is 2.74 bits per heavy atom. The van der Waals surface area contributed by atoms with Gasteiger partial charge in [0, 0.05) is 37.8 Å². The van der Waals surface area contributed by atoms with Gasteiger partial charge in [0.25, 0.3) is 0 Å². The zero-order chi connectivity index (χ0) is 24.9. The zero-order valence-electron chi connectivity index (χ0n) is 22.6. The first kappa shape index (κ1) is 25.8. The Balaban J connectivity index is 1.46. The molecule has 0 unspecified atom stereocenters. The molecule has 4 rings (SSSR count). The third-order valence-corrected chi connectivity index (χ3v) is 8.11. The van der Waals surface area contributed by atoms with Crippen LogP contribution in [0.1, 0.15) is 79.8 Å². The van der Waals surface area contributed by atoms with Gasteiger partial charge in [-0.05, 0) is 97.4 Å². The molecular formula is C32H46N2O. The molecule has 0 radical (unpaired) electrons. The molecule has 0 aromatic heterocycles. The van der Waals surface area contributed by atoms with Gasteiger partial charge in [-0.3, -0.25) is 4.90 Å². The molecular weight excluding hydrogens is 428 g/mol. The Morgan fingerprint density at radius 1 is 1.17 bits per heavy atom. The van der Waals surface area contributed by atoms with E-state index in [4.69, 9.17) is 0 Å². The number of benzene rings is 2. The van der Waals surface area contributed by atoms with Crippen molar-refractivity contribution in [3.63, 3.8) is 0 Å². The molecule has 2 aromatic carbocycles. The van der Waals surface area contributed by atoms with Gasteiger partial charge in [-0.15, -0.1) is 0 Å². The number of hydrogen-bond acceptors (Lipinski definition) is 3. The van der Waals surface area contributed by atoms with Crippen LogP contribution >= 0.6 is 0 Å². The van der Waals surface area contributed by atoms with Gasteiger partial charge in [0.05, 0.1) is 0 Å². The van der Waals surface area contributed by atoms with E-state index in [1.807, 2.05) is 6.07 Å². The quantitative estimate of drug-likeness (QED) is 0.395. The van der Waals surface area contributed by atoms with E-state index < -0.39 is 0 Å². The van der Waals surface area contributed by atoms with Gasteiger partial charge in [-0.2, -0.15) is 0 Å². The van der Waals surface area contributed by atoms with Gasteiger partial charge in [-0.1, -0.05) is 58.0 Å². The highest BCUT2D eigenvalue weighted by molar-refractivity contribution is 5.44. The van der Waals surface area contributed by atoms with Gasteiger partial charge in [0.15, 0.2) is 0 Å². The number of likely N-dealkylation sites (tertiary alicyclic amines) is 1. The number of rotatable bonds is 9. The number of hydrogen-bond donors (Lipinski definition) is 1. The number of aromatic hydroxyl groups is 1. The minimum atomic E-state index is 0.498. The van der Waals surface area contributed by atoms with Crippen molar-refractivity contribution < 1.29 is 5.11 Å². The summed E-state index contributed by atoms with van der Waals surface area (Å²) in [6.45, 7) is 18.8. The lowest BCUT2D eigenvalue weighted by Gasteiger charge is -2.32. The first-order valence-electron chi connectivity index (χ1n) is 13.9. The Morgan fingerprint density at radius 2 is 1.97 bits per heavy atom. The van der Waals surface area contributed by atoms with E-state index in [0.717, 1.165) is 52.0 Å². The molecule has 1 atom stereocenters. The molecule has 0 bridgehead atoms. The molecule has 1 aliphatic carbocycles. The second kappa shape index (κ2) is 11.6. The Bertz CT molecular complexity index is 1020. The Labute approximate surface area is 213 Å². The fourth-order valence-corrected chi connectivity index (χ4v) is 6.29. The zero-order valence-corrected chi connectivity index (χ0v) is 22.6. The number of fused-ring (bicyclic) bond motifs is 1. The van der Waals surface area contributed by atoms with Crippen LogP contribution in [0.4, 0.5) is 0 Å². The Hall–Kier alpha value is -2.26. The molecule has 0 spiro atoms. The van der Waals surface area contributed by atoms with Crippen LogP contribution in [0.25, 0.3) is 0 Å². The first-order chi connectivity index (χ1) is 16.9. The predicted molar refractivity (Wildman–Crippen MR) is 148 cm³/mol. The van der Waals surface area contributed by atoms with Crippen molar-refractivity contribution in [2.24, 2.45) is 11.8 Å². The first-order valence-corrected chi connectivity index (χ1v) is 13.9. The second-order valence-corrected chi connectivity index (χ2v) is 11.4. The lowest BCUT2D eigenvalue weighted by atomic mass is 9.97. The number of aryl methyl sites for hydroxylation is 2. The van der Waals surface area contributed by atoms with E-state index in [0.29, 0.717) is 17.6 Å².